The molecule has 180 valence electrons. The van der Waals surface area contributed by atoms with Crippen molar-refractivity contribution < 1.29 is 43.4 Å². The summed E-state index contributed by atoms with van der Waals surface area (Å²) in [6.45, 7) is 5.84. The van der Waals surface area contributed by atoms with E-state index in [0.29, 0.717) is 0 Å². The summed E-state index contributed by atoms with van der Waals surface area (Å²) in [5.74, 6) is -3.07. The minimum atomic E-state index is -1.02. The zero-order valence-corrected chi connectivity index (χ0v) is 19.8. The SMILES string of the molecule is Cc1c(-[n+]2ccc(C(=O)O)cc2)c(C)c(-[n+]2ccc(C(=O)O)cc2)c(C)c1-[n+]1ccc(C(=O)O)cc1. The fourth-order valence-electron chi connectivity index (χ4n) is 4.50. The lowest BCUT2D eigenvalue weighted by molar-refractivity contribution is -0.614. The van der Waals surface area contributed by atoms with Gasteiger partial charge in [0.1, 0.15) is 0 Å². The molecule has 0 amide bonds. The first-order valence-electron chi connectivity index (χ1n) is 11.0. The molecule has 0 aliphatic carbocycles. The minimum absolute atomic E-state index is 0.159. The van der Waals surface area contributed by atoms with Gasteiger partial charge in [-0.2, -0.15) is 13.7 Å². The van der Waals surface area contributed by atoms with E-state index in [1.807, 2.05) is 34.5 Å². The fraction of sp³-hybridized carbons (Fsp3) is 0.111. The number of nitrogens with zero attached hydrogens (tertiary/aromatic N) is 3. The van der Waals surface area contributed by atoms with Gasteiger partial charge >= 0.3 is 17.9 Å². The molecule has 0 atom stereocenters. The van der Waals surface area contributed by atoms with Gasteiger partial charge in [-0.15, -0.1) is 0 Å². The van der Waals surface area contributed by atoms with E-state index >= 15 is 0 Å². The molecule has 0 spiro atoms. The van der Waals surface area contributed by atoms with Crippen molar-refractivity contribution in [2.45, 2.75) is 20.8 Å². The van der Waals surface area contributed by atoms with Gasteiger partial charge in [0.25, 0.3) is 0 Å². The van der Waals surface area contributed by atoms with Crippen LogP contribution in [-0.4, -0.2) is 33.2 Å². The van der Waals surface area contributed by atoms with Crippen molar-refractivity contribution in [1.82, 2.24) is 0 Å². The number of hydrogen-bond donors (Lipinski definition) is 3. The molecular formula is C27H24N3O6+3. The smallest absolute Gasteiger partial charge is 0.336 e. The molecule has 3 N–H and O–H groups in total. The summed E-state index contributed by atoms with van der Waals surface area (Å²) in [6, 6.07) is 9.11. The Kier molecular flexibility index (Phi) is 6.31. The van der Waals surface area contributed by atoms with E-state index in [-0.39, 0.29) is 16.7 Å². The predicted molar refractivity (Wildman–Crippen MR) is 126 cm³/mol. The summed E-state index contributed by atoms with van der Waals surface area (Å²) in [5.41, 5.74) is 5.57. The van der Waals surface area contributed by atoms with E-state index in [9.17, 15) is 29.7 Å². The van der Waals surface area contributed by atoms with Crippen LogP contribution in [0.3, 0.4) is 0 Å². The van der Waals surface area contributed by atoms with Crippen molar-refractivity contribution in [3.05, 3.63) is 107 Å². The zero-order valence-electron chi connectivity index (χ0n) is 19.8. The first-order chi connectivity index (χ1) is 17.1. The van der Waals surface area contributed by atoms with Crippen LogP contribution >= 0.6 is 0 Å². The summed E-state index contributed by atoms with van der Waals surface area (Å²) in [6.07, 6.45) is 10.1. The third-order valence-corrected chi connectivity index (χ3v) is 6.13. The first kappa shape index (κ1) is 24.2. The van der Waals surface area contributed by atoms with Crippen molar-refractivity contribution in [2.24, 2.45) is 0 Å². The van der Waals surface area contributed by atoms with Crippen LogP contribution in [0.4, 0.5) is 0 Å². The summed E-state index contributed by atoms with van der Waals surface area (Å²) in [4.78, 5) is 34.1. The monoisotopic (exact) mass is 486 g/mol. The van der Waals surface area contributed by atoms with Gasteiger partial charge in [-0.3, -0.25) is 0 Å². The highest BCUT2D eigenvalue weighted by molar-refractivity contribution is 5.88. The van der Waals surface area contributed by atoms with Crippen LogP contribution in [0, 0.1) is 20.8 Å². The minimum Gasteiger partial charge on any atom is -0.478 e. The Balaban J connectivity index is 2.02. The van der Waals surface area contributed by atoms with Crippen molar-refractivity contribution in [3.8, 4) is 17.1 Å². The van der Waals surface area contributed by atoms with E-state index in [2.05, 4.69) is 0 Å². The lowest BCUT2D eigenvalue weighted by Crippen LogP contribution is -2.41. The van der Waals surface area contributed by atoms with E-state index in [0.717, 1.165) is 33.8 Å². The normalized spacial score (nSPS) is 10.8. The standard InChI is InChI=1S/C27H21N3O6/c1-16-22(28-10-4-19(5-11-28)25(31)32)17(2)24(30-14-8-21(9-15-30)27(35)36)18(3)23(16)29-12-6-20(7-13-29)26(33)34/h4-15H,1-3H3/p+3. The number of aromatic carboxylic acids is 3. The maximum absolute atomic E-state index is 11.4. The number of carboxylic acids is 3. The number of pyridine rings is 3. The molecular weight excluding hydrogens is 462 g/mol. The van der Waals surface area contributed by atoms with Crippen molar-refractivity contribution in [2.75, 3.05) is 0 Å². The van der Waals surface area contributed by atoms with Crippen molar-refractivity contribution in [1.29, 1.82) is 0 Å². The Morgan fingerprint density at radius 3 is 0.833 bits per heavy atom. The van der Waals surface area contributed by atoms with Crippen LogP contribution in [0.25, 0.3) is 17.1 Å². The van der Waals surface area contributed by atoms with Crippen LogP contribution in [-0.2, 0) is 0 Å². The number of aromatic nitrogens is 3. The third kappa shape index (κ3) is 4.29. The maximum atomic E-state index is 11.4. The molecule has 0 saturated heterocycles. The van der Waals surface area contributed by atoms with Gasteiger partial charge in [-0.25, -0.2) is 14.4 Å². The number of hydrogen-bond acceptors (Lipinski definition) is 3. The second-order valence-electron chi connectivity index (χ2n) is 8.32. The molecule has 0 saturated carbocycles. The van der Waals surface area contributed by atoms with Crippen LogP contribution in [0.15, 0.2) is 73.6 Å². The average molecular weight is 487 g/mol. The van der Waals surface area contributed by atoms with Gasteiger partial charge in [0.2, 0.25) is 17.1 Å². The molecule has 0 aliphatic heterocycles. The Hall–Kier alpha value is -4.92. The summed E-state index contributed by atoms with van der Waals surface area (Å²) < 4.78 is 5.51. The Morgan fingerprint density at radius 2 is 0.667 bits per heavy atom. The van der Waals surface area contributed by atoms with E-state index in [1.165, 1.54) is 36.4 Å². The molecule has 0 fully saturated rings. The largest absolute Gasteiger partial charge is 0.478 e. The molecule has 3 aromatic heterocycles. The number of carboxylic acid groups (broad SMARTS) is 3. The van der Waals surface area contributed by atoms with Crippen LogP contribution < -0.4 is 13.7 Å². The highest BCUT2D eigenvalue weighted by Gasteiger charge is 2.33. The van der Waals surface area contributed by atoms with Crippen LogP contribution in [0.1, 0.15) is 47.8 Å². The number of benzene rings is 1. The van der Waals surface area contributed by atoms with E-state index in [4.69, 9.17) is 0 Å². The predicted octanol–water partition coefficient (Wildman–Crippen LogP) is 2.54. The summed E-state index contributed by atoms with van der Waals surface area (Å²) >= 11 is 0. The Morgan fingerprint density at radius 1 is 0.472 bits per heavy atom. The fourth-order valence-corrected chi connectivity index (χ4v) is 4.50. The van der Waals surface area contributed by atoms with Gasteiger partial charge < -0.3 is 15.3 Å². The molecule has 3 heterocycles. The lowest BCUT2D eigenvalue weighted by Gasteiger charge is -2.12. The van der Waals surface area contributed by atoms with Crippen LogP contribution in [0.5, 0.6) is 0 Å². The van der Waals surface area contributed by atoms with Gasteiger partial charge in [-0.1, -0.05) is 0 Å². The number of rotatable bonds is 6. The highest BCUT2D eigenvalue weighted by Crippen LogP contribution is 2.28. The molecule has 0 radical (unpaired) electrons. The van der Waals surface area contributed by atoms with Gasteiger partial charge in [0, 0.05) is 36.4 Å². The summed E-state index contributed by atoms with van der Waals surface area (Å²) in [5, 5.41) is 27.9. The Labute approximate surface area is 206 Å². The zero-order chi connectivity index (χ0) is 26.1. The van der Waals surface area contributed by atoms with Crippen LogP contribution in [0.2, 0.25) is 0 Å². The van der Waals surface area contributed by atoms with Crippen molar-refractivity contribution >= 4 is 17.9 Å². The molecule has 4 rings (SSSR count). The van der Waals surface area contributed by atoms with Crippen molar-refractivity contribution in [3.63, 3.8) is 0 Å². The molecule has 9 heteroatoms. The van der Waals surface area contributed by atoms with Gasteiger partial charge in [0.15, 0.2) is 37.2 Å². The number of carbonyl (C=O) groups is 3. The molecule has 4 aromatic rings. The summed E-state index contributed by atoms with van der Waals surface area (Å²) in [7, 11) is 0. The van der Waals surface area contributed by atoms with Gasteiger partial charge in [0.05, 0.1) is 33.4 Å². The Bertz CT molecular complexity index is 1300. The second-order valence-corrected chi connectivity index (χ2v) is 8.32. The van der Waals surface area contributed by atoms with E-state index < -0.39 is 17.9 Å². The molecule has 0 aliphatic rings. The third-order valence-electron chi connectivity index (χ3n) is 6.13. The molecule has 1 aromatic carbocycles. The quantitative estimate of drug-likeness (QED) is 0.360. The topological polar surface area (TPSA) is 124 Å². The highest BCUT2D eigenvalue weighted by atomic mass is 16.4. The molecule has 0 unspecified atom stereocenters. The lowest BCUT2D eigenvalue weighted by atomic mass is 9.97. The van der Waals surface area contributed by atoms with Gasteiger partial charge in [-0.05, 0) is 20.8 Å². The first-order valence-corrected chi connectivity index (χ1v) is 11.0. The molecule has 0 bridgehead atoms. The molecule has 36 heavy (non-hydrogen) atoms. The average Bonchev–Trinajstić information content (AvgIpc) is 2.85. The van der Waals surface area contributed by atoms with E-state index in [1.54, 1.807) is 37.2 Å². The molecule has 9 nitrogen and oxygen atoms in total. The maximum Gasteiger partial charge on any atom is 0.336 e. The second kappa shape index (κ2) is 9.38.